The van der Waals surface area contributed by atoms with E-state index in [1.807, 2.05) is 25.2 Å². The number of nitrogens with one attached hydrogen (secondary N) is 1. The van der Waals surface area contributed by atoms with Crippen LogP contribution in [0.1, 0.15) is 0 Å². The van der Waals surface area contributed by atoms with Crippen LogP contribution in [0, 0.1) is 0 Å². The monoisotopic (exact) mass is 333 g/mol. The van der Waals surface area contributed by atoms with E-state index in [4.69, 9.17) is 4.74 Å². The summed E-state index contributed by atoms with van der Waals surface area (Å²) >= 11 is 6.87. The average Bonchev–Trinajstić information content (AvgIpc) is 2.17. The van der Waals surface area contributed by atoms with Gasteiger partial charge < -0.3 is 10.1 Å². The van der Waals surface area contributed by atoms with Crippen molar-refractivity contribution in [3.63, 3.8) is 0 Å². The van der Waals surface area contributed by atoms with Crippen molar-refractivity contribution in [2.75, 3.05) is 20.2 Å². The molecule has 0 aliphatic heterocycles. The van der Waals surface area contributed by atoms with Gasteiger partial charge in [0.1, 0.15) is 12.4 Å². The number of hydrogen-bond donors (Lipinski definition) is 1. The normalized spacial score (nSPS) is 10.1. The van der Waals surface area contributed by atoms with Gasteiger partial charge >= 0.3 is 0 Å². The maximum atomic E-state index is 5.65. The van der Waals surface area contributed by atoms with Crippen LogP contribution in [0.4, 0.5) is 0 Å². The van der Waals surface area contributed by atoms with Gasteiger partial charge in [-0.1, -0.05) is 12.6 Å². The third-order valence-corrected chi connectivity index (χ3v) is 3.02. The molecule has 0 aliphatic carbocycles. The maximum absolute atomic E-state index is 5.65. The molecule has 2 nitrogen and oxygen atoms in total. The van der Waals surface area contributed by atoms with Crippen molar-refractivity contribution in [3.05, 3.63) is 39.3 Å². The summed E-state index contributed by atoms with van der Waals surface area (Å²) in [5.74, 6) is 0.815. The molecular weight excluding hydrogens is 322 g/mol. The molecule has 0 saturated heterocycles. The predicted octanol–water partition coefficient (Wildman–Crippen LogP) is 3.37. The van der Waals surface area contributed by atoms with Crippen molar-refractivity contribution in [1.29, 1.82) is 0 Å². The second-order valence-corrected chi connectivity index (χ2v) is 4.83. The maximum Gasteiger partial charge on any atom is 0.148 e. The molecule has 1 aromatic carbocycles. The quantitative estimate of drug-likeness (QED) is 0.834. The standard InChI is InChI=1S/C11H13Br2NO/c1-8(6-14-2)7-15-11-9(12)4-3-5-10(11)13/h3-5,14H,1,6-7H2,2H3. The number of likely N-dealkylation sites (N-methyl/N-ethyl adjacent to an activating group) is 1. The molecule has 1 rings (SSSR count). The zero-order chi connectivity index (χ0) is 11.3. The van der Waals surface area contributed by atoms with Crippen molar-refractivity contribution < 1.29 is 4.74 Å². The zero-order valence-electron chi connectivity index (χ0n) is 8.52. The Kier molecular flexibility index (Phi) is 5.36. The summed E-state index contributed by atoms with van der Waals surface area (Å²) in [4.78, 5) is 0. The molecule has 1 N–H and O–H groups in total. The number of halogens is 2. The molecule has 0 unspecified atom stereocenters. The van der Waals surface area contributed by atoms with Crippen LogP contribution in [0.2, 0.25) is 0 Å². The summed E-state index contributed by atoms with van der Waals surface area (Å²) in [5, 5.41) is 3.03. The topological polar surface area (TPSA) is 21.3 Å². The Balaban J connectivity index is 2.61. The molecular formula is C11H13Br2NO. The van der Waals surface area contributed by atoms with E-state index in [1.165, 1.54) is 0 Å². The van der Waals surface area contributed by atoms with Crippen LogP contribution in [0.5, 0.6) is 5.75 Å². The van der Waals surface area contributed by atoms with Gasteiger partial charge in [0, 0.05) is 6.54 Å². The minimum Gasteiger partial charge on any atom is -0.487 e. The summed E-state index contributed by atoms with van der Waals surface area (Å²) in [6.07, 6.45) is 0. The fourth-order valence-electron chi connectivity index (χ4n) is 1.10. The number of para-hydroxylation sites is 1. The van der Waals surface area contributed by atoms with Crippen molar-refractivity contribution in [3.8, 4) is 5.75 Å². The van der Waals surface area contributed by atoms with Gasteiger partial charge in [0.25, 0.3) is 0 Å². The molecule has 0 amide bonds. The highest BCUT2D eigenvalue weighted by atomic mass is 79.9. The molecule has 0 aliphatic rings. The van der Waals surface area contributed by atoms with Crippen molar-refractivity contribution >= 4 is 31.9 Å². The molecule has 15 heavy (non-hydrogen) atoms. The molecule has 4 heteroatoms. The Labute approximate surface area is 107 Å². The van der Waals surface area contributed by atoms with Gasteiger partial charge in [0.15, 0.2) is 0 Å². The zero-order valence-corrected chi connectivity index (χ0v) is 11.7. The summed E-state index contributed by atoms with van der Waals surface area (Å²) in [7, 11) is 1.89. The summed E-state index contributed by atoms with van der Waals surface area (Å²) in [6, 6.07) is 5.84. The van der Waals surface area contributed by atoms with Gasteiger partial charge in [-0.05, 0) is 56.6 Å². The molecule has 0 radical (unpaired) electrons. The highest BCUT2D eigenvalue weighted by Gasteiger charge is 2.05. The van der Waals surface area contributed by atoms with E-state index >= 15 is 0 Å². The second-order valence-electron chi connectivity index (χ2n) is 3.12. The molecule has 0 spiro atoms. The second kappa shape index (κ2) is 6.30. The summed E-state index contributed by atoms with van der Waals surface area (Å²) < 4.78 is 7.53. The molecule has 0 heterocycles. The minimum atomic E-state index is 0.516. The van der Waals surface area contributed by atoms with Crippen LogP contribution in [0.3, 0.4) is 0 Å². The molecule has 0 saturated carbocycles. The van der Waals surface area contributed by atoms with Crippen LogP contribution >= 0.6 is 31.9 Å². The number of ether oxygens (including phenoxy) is 1. The molecule has 0 bridgehead atoms. The van der Waals surface area contributed by atoms with E-state index in [0.717, 1.165) is 26.8 Å². The lowest BCUT2D eigenvalue weighted by Crippen LogP contribution is -2.14. The predicted molar refractivity (Wildman–Crippen MR) is 70.4 cm³/mol. The first-order valence-electron chi connectivity index (χ1n) is 4.53. The first kappa shape index (κ1) is 12.7. The van der Waals surface area contributed by atoms with Crippen molar-refractivity contribution in [2.45, 2.75) is 0 Å². The molecule has 0 aromatic heterocycles. The number of benzene rings is 1. The Morgan fingerprint density at radius 1 is 1.40 bits per heavy atom. The van der Waals surface area contributed by atoms with Gasteiger partial charge in [0.2, 0.25) is 0 Å². The lowest BCUT2D eigenvalue weighted by atomic mass is 10.3. The van der Waals surface area contributed by atoms with Crippen LogP contribution < -0.4 is 10.1 Å². The Morgan fingerprint density at radius 3 is 2.53 bits per heavy atom. The third kappa shape index (κ3) is 3.97. The smallest absolute Gasteiger partial charge is 0.148 e. The van der Waals surface area contributed by atoms with E-state index < -0.39 is 0 Å². The fraction of sp³-hybridized carbons (Fsp3) is 0.273. The van der Waals surface area contributed by atoms with E-state index in [1.54, 1.807) is 0 Å². The fourth-order valence-corrected chi connectivity index (χ4v) is 2.32. The Hall–Kier alpha value is -0.320. The van der Waals surface area contributed by atoms with E-state index in [2.05, 4.69) is 43.8 Å². The lowest BCUT2D eigenvalue weighted by molar-refractivity contribution is 0.345. The van der Waals surface area contributed by atoms with Gasteiger partial charge in [-0.3, -0.25) is 0 Å². The van der Waals surface area contributed by atoms with Gasteiger partial charge in [-0.2, -0.15) is 0 Å². The van der Waals surface area contributed by atoms with Gasteiger partial charge in [0.05, 0.1) is 8.95 Å². The number of rotatable bonds is 5. The SMILES string of the molecule is C=C(CNC)COc1c(Br)cccc1Br. The minimum absolute atomic E-state index is 0.516. The van der Waals surface area contributed by atoms with Crippen LogP contribution in [0.15, 0.2) is 39.3 Å². The Morgan fingerprint density at radius 2 is 2.00 bits per heavy atom. The molecule has 1 aromatic rings. The summed E-state index contributed by atoms with van der Waals surface area (Å²) in [5.41, 5.74) is 1.01. The highest BCUT2D eigenvalue weighted by molar-refractivity contribution is 9.11. The van der Waals surface area contributed by atoms with E-state index in [-0.39, 0.29) is 0 Å². The van der Waals surface area contributed by atoms with Crippen LogP contribution in [0.25, 0.3) is 0 Å². The van der Waals surface area contributed by atoms with Crippen LogP contribution in [-0.4, -0.2) is 20.2 Å². The molecule has 0 fully saturated rings. The largest absolute Gasteiger partial charge is 0.487 e. The Bertz CT molecular complexity index is 332. The lowest BCUT2D eigenvalue weighted by Gasteiger charge is -2.11. The molecule has 0 atom stereocenters. The third-order valence-electron chi connectivity index (χ3n) is 1.77. The van der Waals surface area contributed by atoms with E-state index in [0.29, 0.717) is 6.61 Å². The summed E-state index contributed by atoms with van der Waals surface area (Å²) in [6.45, 7) is 5.18. The van der Waals surface area contributed by atoms with Gasteiger partial charge in [-0.15, -0.1) is 0 Å². The van der Waals surface area contributed by atoms with Gasteiger partial charge in [-0.25, -0.2) is 0 Å². The van der Waals surface area contributed by atoms with Crippen molar-refractivity contribution in [1.82, 2.24) is 5.32 Å². The average molecular weight is 335 g/mol. The first-order valence-corrected chi connectivity index (χ1v) is 6.11. The van der Waals surface area contributed by atoms with Crippen molar-refractivity contribution in [2.24, 2.45) is 0 Å². The number of hydrogen-bond acceptors (Lipinski definition) is 2. The highest BCUT2D eigenvalue weighted by Crippen LogP contribution is 2.33. The first-order chi connectivity index (χ1) is 7.15. The van der Waals surface area contributed by atoms with E-state index in [9.17, 15) is 0 Å². The molecule has 82 valence electrons. The van der Waals surface area contributed by atoms with Crippen LogP contribution in [-0.2, 0) is 0 Å².